The largest absolute Gasteiger partial charge is 0.482 e. The monoisotopic (exact) mass is 486 g/mol. The Hall–Kier alpha value is -3.07. The molecule has 3 rings (SSSR count). The predicted octanol–water partition coefficient (Wildman–Crippen LogP) is 6.22. The number of carbonyl (C=O) groups is 1. The Balaban J connectivity index is 2.22. The normalized spacial score (nSPS) is 13.4. The van der Waals surface area contributed by atoms with E-state index in [1.807, 2.05) is 13.8 Å². The molecule has 0 spiro atoms. The number of carbonyl (C=O) groups excluding carboxylic acids is 1. The fraction of sp³-hybridized carbons (Fsp3) is 0.304. The molecule has 33 heavy (non-hydrogen) atoms. The van der Waals surface area contributed by atoms with Crippen molar-refractivity contribution in [1.82, 2.24) is 9.78 Å². The molecule has 0 aliphatic heterocycles. The van der Waals surface area contributed by atoms with Crippen LogP contribution in [0.5, 0.6) is 5.75 Å². The van der Waals surface area contributed by atoms with E-state index >= 15 is 0 Å². The van der Waals surface area contributed by atoms with Crippen molar-refractivity contribution in [2.24, 2.45) is 7.05 Å². The Morgan fingerprint density at radius 1 is 1.30 bits per heavy atom. The number of hydrogen-bond donors (Lipinski definition) is 0. The number of aryl methyl sites for hydroxylation is 1. The zero-order valence-electron chi connectivity index (χ0n) is 20.9. The number of benzene rings is 2. The van der Waals surface area contributed by atoms with Gasteiger partial charge in [0.25, 0.3) is 5.91 Å². The third-order valence-electron chi connectivity index (χ3n) is 4.69. The van der Waals surface area contributed by atoms with Gasteiger partial charge in [0.1, 0.15) is 11.6 Å². The molecular weight excluding hydrogens is 462 g/mol. The summed E-state index contributed by atoms with van der Waals surface area (Å²) in [6.07, 6.45) is -3.10. The van der Waals surface area contributed by atoms with Gasteiger partial charge >= 0.3 is 6.18 Å². The van der Waals surface area contributed by atoms with Gasteiger partial charge in [-0.3, -0.25) is 9.48 Å². The lowest BCUT2D eigenvalue weighted by atomic mass is 9.99. The maximum Gasteiger partial charge on any atom is 0.422 e. The second kappa shape index (κ2) is 9.43. The lowest BCUT2D eigenvalue weighted by Gasteiger charge is -2.23. The van der Waals surface area contributed by atoms with Crippen LogP contribution in [0.4, 0.5) is 23.2 Å². The van der Waals surface area contributed by atoms with E-state index < -0.39 is 48.5 Å². The maximum atomic E-state index is 14.5. The number of anilines is 1. The average molecular weight is 487 g/mol. The molecule has 1 aromatic heterocycles. The maximum absolute atomic E-state index is 14.5. The fourth-order valence-electron chi connectivity index (χ4n) is 3.22. The van der Waals surface area contributed by atoms with E-state index in [2.05, 4.69) is 5.10 Å². The van der Waals surface area contributed by atoms with Crippen molar-refractivity contribution in [3.05, 3.63) is 64.7 Å². The number of aromatic nitrogens is 2. The van der Waals surface area contributed by atoms with Crippen molar-refractivity contribution in [3.8, 4) is 16.9 Å². The van der Waals surface area contributed by atoms with Crippen molar-refractivity contribution in [2.45, 2.75) is 25.9 Å². The summed E-state index contributed by atoms with van der Waals surface area (Å²) in [5, 5.41) is 4.01. The molecule has 5 nitrogen and oxygen atoms in total. The van der Waals surface area contributed by atoms with Gasteiger partial charge in [-0.25, -0.2) is 4.39 Å². The van der Waals surface area contributed by atoms with Gasteiger partial charge in [0.05, 0.1) is 22.0 Å². The summed E-state index contributed by atoms with van der Waals surface area (Å²) in [5.74, 6) is -3.04. The van der Waals surface area contributed by atoms with Crippen LogP contribution < -0.4 is 9.64 Å². The highest BCUT2D eigenvalue weighted by atomic mass is 35.5. The molecule has 3 aromatic rings. The van der Waals surface area contributed by atoms with Crippen LogP contribution in [0.15, 0.2) is 42.6 Å². The molecule has 0 aliphatic rings. The number of halogens is 5. The summed E-state index contributed by atoms with van der Waals surface area (Å²) >= 11 is 5.96. The quantitative estimate of drug-likeness (QED) is 0.388. The molecule has 176 valence electrons. The smallest absolute Gasteiger partial charge is 0.422 e. The second-order valence-electron chi connectivity index (χ2n) is 7.58. The summed E-state index contributed by atoms with van der Waals surface area (Å²) < 4.78 is 83.8. The Bertz CT molecular complexity index is 1260. The lowest BCUT2D eigenvalue weighted by molar-refractivity contribution is -0.153. The molecular formula is C23H22ClF4N3O2. The molecule has 0 saturated carbocycles. The van der Waals surface area contributed by atoms with Gasteiger partial charge in [-0.15, -0.1) is 0 Å². The van der Waals surface area contributed by atoms with Crippen LogP contribution in [-0.2, 0) is 7.05 Å². The van der Waals surface area contributed by atoms with E-state index in [-0.39, 0.29) is 15.8 Å². The molecule has 0 radical (unpaired) electrons. The molecule has 2 aromatic carbocycles. The number of ether oxygens (including phenoxy) is 1. The first-order valence-corrected chi connectivity index (χ1v) is 10.1. The van der Waals surface area contributed by atoms with E-state index in [1.54, 1.807) is 13.2 Å². The van der Waals surface area contributed by atoms with Crippen LogP contribution in [0.2, 0.25) is 5.02 Å². The molecule has 0 aliphatic carbocycles. The molecule has 0 unspecified atom stereocenters. The van der Waals surface area contributed by atoms with Crippen LogP contribution >= 0.6 is 11.6 Å². The van der Waals surface area contributed by atoms with Crippen LogP contribution in [0, 0.1) is 5.82 Å². The second-order valence-corrected chi connectivity index (χ2v) is 7.99. The van der Waals surface area contributed by atoms with E-state index in [9.17, 15) is 22.4 Å². The summed E-state index contributed by atoms with van der Waals surface area (Å²) in [6, 6.07) is 7.08. The molecule has 1 heterocycles. The minimum atomic E-state index is -4.76. The molecule has 0 fully saturated rings. The topological polar surface area (TPSA) is 47.4 Å². The zero-order chi connectivity index (χ0) is 27.0. The van der Waals surface area contributed by atoms with Crippen LogP contribution in [0.1, 0.15) is 39.9 Å². The molecule has 1 amide bonds. The van der Waals surface area contributed by atoms with Crippen molar-refractivity contribution < 1.29 is 31.2 Å². The Morgan fingerprint density at radius 3 is 2.64 bits per heavy atom. The first kappa shape index (κ1) is 20.5. The van der Waals surface area contributed by atoms with Gasteiger partial charge in [-0.1, -0.05) is 37.6 Å². The van der Waals surface area contributed by atoms with Gasteiger partial charge in [-0.2, -0.15) is 18.3 Å². The molecule has 0 saturated heterocycles. The van der Waals surface area contributed by atoms with E-state index in [1.165, 1.54) is 28.9 Å². The van der Waals surface area contributed by atoms with E-state index in [0.717, 1.165) is 12.1 Å². The van der Waals surface area contributed by atoms with Crippen molar-refractivity contribution in [3.63, 3.8) is 0 Å². The molecule has 0 N–H and O–H groups in total. The van der Waals surface area contributed by atoms with Crippen LogP contribution in [-0.4, -0.2) is 35.4 Å². The Labute approximate surface area is 197 Å². The molecule has 10 heteroatoms. The highest BCUT2D eigenvalue weighted by Gasteiger charge is 2.30. The summed E-state index contributed by atoms with van der Waals surface area (Å²) in [5.41, 5.74) is 0.362. The summed E-state index contributed by atoms with van der Waals surface area (Å²) in [7, 11) is 1.68. The molecule has 0 bridgehead atoms. The Morgan fingerprint density at radius 2 is 2.03 bits per heavy atom. The third-order valence-corrected chi connectivity index (χ3v) is 5.00. The van der Waals surface area contributed by atoms with Gasteiger partial charge < -0.3 is 9.64 Å². The third kappa shape index (κ3) is 5.47. The van der Waals surface area contributed by atoms with Crippen molar-refractivity contribution >= 4 is 23.2 Å². The van der Waals surface area contributed by atoms with E-state index in [0.29, 0.717) is 16.8 Å². The number of nitrogens with zero attached hydrogens (tertiary/aromatic N) is 3. The number of hydrogen-bond acceptors (Lipinski definition) is 3. The van der Waals surface area contributed by atoms with Crippen LogP contribution in [0.3, 0.4) is 0 Å². The predicted molar refractivity (Wildman–Crippen MR) is 118 cm³/mol. The standard InChI is InChI=1S/C23H22ClF4N3O2/c1-13(2)21-15(11-30(3)29-21)14-8-9-18(19(10-14)33-12-23(26,27)28)31(4)22(32)20-16(24)6-5-7-17(20)25/h5-11,13H,12H2,1-4H3/i4D3. The Kier molecular flexibility index (Phi) is 5.86. The molecule has 0 atom stereocenters. The fourth-order valence-corrected chi connectivity index (χ4v) is 3.46. The zero-order valence-corrected chi connectivity index (χ0v) is 18.6. The number of amides is 1. The number of rotatable bonds is 6. The first-order valence-electron chi connectivity index (χ1n) is 11.3. The average Bonchev–Trinajstić information content (AvgIpc) is 3.13. The number of alkyl halides is 3. The highest BCUT2D eigenvalue weighted by Crippen LogP contribution is 2.37. The minimum absolute atomic E-state index is 0.0379. The summed E-state index contributed by atoms with van der Waals surface area (Å²) in [4.78, 5) is 13.4. The van der Waals surface area contributed by atoms with Gasteiger partial charge in [0, 0.05) is 29.9 Å². The summed E-state index contributed by atoms with van der Waals surface area (Å²) in [6.45, 7) is -1.21. The van der Waals surface area contributed by atoms with Crippen molar-refractivity contribution in [1.29, 1.82) is 0 Å². The van der Waals surface area contributed by atoms with Crippen molar-refractivity contribution in [2.75, 3.05) is 18.5 Å². The first-order chi connectivity index (χ1) is 16.6. The van der Waals surface area contributed by atoms with Gasteiger partial charge in [0.2, 0.25) is 0 Å². The van der Waals surface area contributed by atoms with Gasteiger partial charge in [-0.05, 0) is 35.7 Å². The SMILES string of the molecule is [2H]C([2H])([2H])N(C(=O)c1c(F)cccc1Cl)c1ccc(-c2cn(C)nc2C(C)C)cc1OCC(F)(F)F. The van der Waals surface area contributed by atoms with Crippen LogP contribution in [0.25, 0.3) is 11.1 Å². The lowest BCUT2D eigenvalue weighted by Crippen LogP contribution is -2.28. The van der Waals surface area contributed by atoms with Gasteiger partial charge in [0.15, 0.2) is 6.61 Å². The highest BCUT2D eigenvalue weighted by molar-refractivity contribution is 6.34. The van der Waals surface area contributed by atoms with E-state index in [4.69, 9.17) is 20.5 Å². The minimum Gasteiger partial charge on any atom is -0.482 e.